The molecular weight excluding hydrogens is 1040 g/mol. The number of rotatable bonds is 9. The van der Waals surface area contributed by atoms with Crippen molar-refractivity contribution in [1.82, 2.24) is 0 Å². The second-order valence-corrected chi connectivity index (χ2v) is 23.1. The monoisotopic (exact) mass is 1080 g/mol. The van der Waals surface area contributed by atoms with Gasteiger partial charge >= 0.3 is 29.1 Å². The largest absolute Gasteiger partial charge is 0.478 e. The van der Waals surface area contributed by atoms with Crippen LogP contribution in [-0.4, -0.2) is 59.3 Å². The lowest BCUT2D eigenvalue weighted by molar-refractivity contribution is 0.0682. The number of fused-ring (bicyclic) bond motifs is 12. The number of nitrogens with zero attached hydrogens (tertiary/aromatic N) is 2. The minimum absolute atomic E-state index is 0.0578. The first-order valence-corrected chi connectivity index (χ1v) is 26.7. The Morgan fingerprint density at radius 1 is 0.532 bits per heavy atom. The molecule has 0 spiro atoms. The Balaban J connectivity index is 1.18. The van der Waals surface area contributed by atoms with Gasteiger partial charge in [0.25, 0.3) is 10.1 Å². The molecule has 9 aromatic carbocycles. The van der Waals surface area contributed by atoms with Crippen LogP contribution in [0.5, 0.6) is 0 Å². The Bertz CT molecular complexity index is 4350. The molecule has 0 amide bonds. The number of benzene rings is 9. The number of aromatic carboxylic acids is 3. The molecule has 0 radical (unpaired) electrons. The van der Waals surface area contributed by atoms with Gasteiger partial charge in [0.1, 0.15) is 0 Å². The summed E-state index contributed by atoms with van der Waals surface area (Å²) in [6.07, 6.45) is 0. The van der Waals surface area contributed by atoms with E-state index in [9.17, 15) is 42.7 Å². The summed E-state index contributed by atoms with van der Waals surface area (Å²) in [6, 6.07) is 45.4. The molecule has 0 saturated carbocycles. The van der Waals surface area contributed by atoms with Gasteiger partial charge in [0.05, 0.1) is 64.9 Å². The molecule has 382 valence electrons. The molecule has 0 unspecified atom stereocenters. The molecule has 12 rings (SSSR count). The molecule has 15 heteroatoms. The Labute approximate surface area is 451 Å². The molecule has 0 saturated heterocycles. The third kappa shape index (κ3) is 7.78. The summed E-state index contributed by atoms with van der Waals surface area (Å²) in [4.78, 5) is 42.8. The standard InChI is InChI=1S/C62H44Cl2N2O10S/c1-61(2)30-65(37-23-17-33(18-24-37)32-13-15-36(16-14-32)58(67)68)54-42-11-7-5-9-40(42)46-49(50-48(60(71)72)45(63)29-44(53(50)64)59(69)70)47-41-10-6-8-12-43(41)55-52(57(47)76-56(46)51(54)61)62(3,4)31-66(55)38-25-19-34(20-26-38)35-21-27-39(28-22-35)77(73,74)75/h5-29H,30-31H2,1-4H3,(H3-,67,68,69,70,71,72,73,74,75)/p+1. The zero-order valence-electron chi connectivity index (χ0n) is 41.6. The number of halogens is 2. The summed E-state index contributed by atoms with van der Waals surface area (Å²) >= 11 is 14.3. The highest BCUT2D eigenvalue weighted by Crippen LogP contribution is 2.60. The third-order valence-corrected chi connectivity index (χ3v) is 16.8. The lowest BCUT2D eigenvalue weighted by Crippen LogP contribution is -2.25. The summed E-state index contributed by atoms with van der Waals surface area (Å²) in [7, 11) is -4.37. The van der Waals surface area contributed by atoms with Crippen molar-refractivity contribution >= 4 is 117 Å². The molecule has 1 aromatic heterocycles. The van der Waals surface area contributed by atoms with Crippen molar-refractivity contribution in [1.29, 1.82) is 0 Å². The number of hydrogen-bond donors (Lipinski definition) is 4. The van der Waals surface area contributed by atoms with Gasteiger partial charge < -0.3 is 25.1 Å². The molecule has 3 heterocycles. The van der Waals surface area contributed by atoms with E-state index in [2.05, 4.69) is 37.5 Å². The predicted octanol–water partition coefficient (Wildman–Crippen LogP) is 15.7. The lowest BCUT2D eigenvalue weighted by Gasteiger charge is -2.23. The van der Waals surface area contributed by atoms with Gasteiger partial charge in [0, 0.05) is 68.0 Å². The van der Waals surface area contributed by atoms with Gasteiger partial charge in [-0.2, -0.15) is 8.42 Å². The van der Waals surface area contributed by atoms with Gasteiger partial charge in [-0.05, 0) is 76.9 Å². The SMILES string of the molecule is CC1(C)CN(c2ccc(-c3ccc(C(=O)O)cc3)cc2)c2c1c1[o+]c3c4c(c5ccccc5c3c(-c3c(Cl)c(C(=O)O)cc(Cl)c3C(=O)O)c1c1ccccc21)N(c1ccc(-c2ccc(S(=O)(=O)O)cc2)cc1)CC4(C)C. The van der Waals surface area contributed by atoms with Crippen molar-refractivity contribution < 1.29 is 47.1 Å². The van der Waals surface area contributed by atoms with Gasteiger partial charge in [-0.15, -0.1) is 0 Å². The summed E-state index contributed by atoms with van der Waals surface area (Å²) < 4.78 is 40.9. The number of carboxylic acid groups (broad SMARTS) is 3. The first-order chi connectivity index (χ1) is 36.6. The van der Waals surface area contributed by atoms with E-state index in [1.54, 1.807) is 36.4 Å². The minimum atomic E-state index is -4.37. The van der Waals surface area contributed by atoms with Gasteiger partial charge in [-0.1, -0.05) is 148 Å². The van der Waals surface area contributed by atoms with Gasteiger partial charge in [0.15, 0.2) is 0 Å². The molecule has 77 heavy (non-hydrogen) atoms. The van der Waals surface area contributed by atoms with Crippen molar-refractivity contribution in [3.63, 3.8) is 0 Å². The van der Waals surface area contributed by atoms with Crippen molar-refractivity contribution in [2.75, 3.05) is 22.9 Å². The van der Waals surface area contributed by atoms with Crippen molar-refractivity contribution in [3.05, 3.63) is 190 Å². The molecule has 12 nitrogen and oxygen atoms in total. The maximum atomic E-state index is 13.8. The highest BCUT2D eigenvalue weighted by atomic mass is 35.5. The van der Waals surface area contributed by atoms with Crippen LogP contribution < -0.4 is 9.80 Å². The van der Waals surface area contributed by atoms with Crippen LogP contribution in [0, 0.1) is 0 Å². The van der Waals surface area contributed by atoms with Crippen LogP contribution in [0.25, 0.3) is 76.9 Å². The minimum Gasteiger partial charge on any atom is -0.478 e. The fourth-order valence-electron chi connectivity index (χ4n) is 11.9. The second-order valence-electron chi connectivity index (χ2n) is 20.9. The number of hydrogen-bond acceptors (Lipinski definition) is 7. The van der Waals surface area contributed by atoms with E-state index in [1.807, 2.05) is 97.1 Å². The molecule has 0 atom stereocenters. The quantitative estimate of drug-likeness (QED) is 0.0465. The predicted molar refractivity (Wildman–Crippen MR) is 303 cm³/mol. The van der Waals surface area contributed by atoms with E-state index in [-0.39, 0.29) is 37.2 Å². The Morgan fingerprint density at radius 2 is 0.935 bits per heavy atom. The highest BCUT2D eigenvalue weighted by Gasteiger charge is 2.49. The first-order valence-electron chi connectivity index (χ1n) is 24.5. The summed E-state index contributed by atoms with van der Waals surface area (Å²) in [5.41, 5.74) is 7.83. The van der Waals surface area contributed by atoms with Crippen LogP contribution in [0.15, 0.2) is 161 Å². The Morgan fingerprint density at radius 3 is 1.32 bits per heavy atom. The maximum absolute atomic E-state index is 13.8. The normalized spacial score (nSPS) is 14.6. The third-order valence-electron chi connectivity index (χ3n) is 15.2. The van der Waals surface area contributed by atoms with Gasteiger partial charge in [0.2, 0.25) is 0 Å². The number of carboxylic acids is 3. The molecule has 2 aliphatic rings. The van der Waals surface area contributed by atoms with E-state index in [0.717, 1.165) is 73.0 Å². The van der Waals surface area contributed by atoms with Gasteiger partial charge in [-0.25, -0.2) is 18.8 Å². The summed E-state index contributed by atoms with van der Waals surface area (Å²) in [6.45, 7) is 9.51. The molecule has 0 aliphatic carbocycles. The highest BCUT2D eigenvalue weighted by molar-refractivity contribution is 7.85. The van der Waals surface area contributed by atoms with Crippen molar-refractivity contribution in [3.8, 4) is 33.4 Å². The second kappa shape index (κ2) is 17.6. The Kier molecular flexibility index (Phi) is 11.3. The molecule has 4 N–H and O–H groups in total. The van der Waals surface area contributed by atoms with E-state index < -0.39 is 38.9 Å². The van der Waals surface area contributed by atoms with Crippen LogP contribution in [0.4, 0.5) is 22.7 Å². The molecular formula is C62H45Cl2N2O10S+. The van der Waals surface area contributed by atoms with E-state index in [1.165, 1.54) is 12.1 Å². The fraction of sp³-hybridized carbons (Fsp3) is 0.129. The maximum Gasteiger partial charge on any atom is 0.367 e. The van der Waals surface area contributed by atoms with Crippen LogP contribution in [0.1, 0.15) is 69.9 Å². The van der Waals surface area contributed by atoms with Gasteiger partial charge in [-0.3, -0.25) is 4.55 Å². The smallest absolute Gasteiger partial charge is 0.367 e. The zero-order chi connectivity index (χ0) is 54.2. The molecule has 0 fully saturated rings. The van der Waals surface area contributed by atoms with E-state index in [4.69, 9.17) is 27.6 Å². The van der Waals surface area contributed by atoms with Crippen molar-refractivity contribution in [2.45, 2.75) is 43.4 Å². The summed E-state index contributed by atoms with van der Waals surface area (Å²) in [5.74, 6) is -3.80. The topological polar surface area (TPSA) is 184 Å². The van der Waals surface area contributed by atoms with Crippen molar-refractivity contribution in [2.24, 2.45) is 0 Å². The summed E-state index contributed by atoms with van der Waals surface area (Å²) in [5, 5.41) is 34.9. The first kappa shape index (κ1) is 49.5. The lowest BCUT2D eigenvalue weighted by atomic mass is 9.79. The van der Waals surface area contributed by atoms with E-state index >= 15 is 0 Å². The fourth-order valence-corrected chi connectivity index (χ4v) is 12.9. The van der Waals surface area contributed by atoms with E-state index in [0.29, 0.717) is 51.4 Å². The van der Waals surface area contributed by atoms with Crippen LogP contribution in [0.2, 0.25) is 10.0 Å². The number of carbonyl (C=O) groups is 3. The average molecular weight is 1080 g/mol. The molecule has 2 aliphatic heterocycles. The molecule has 0 bridgehead atoms. The number of anilines is 4. The van der Waals surface area contributed by atoms with Crippen LogP contribution in [-0.2, 0) is 20.9 Å². The van der Waals surface area contributed by atoms with Crippen LogP contribution >= 0.6 is 23.2 Å². The zero-order valence-corrected chi connectivity index (χ0v) is 44.0. The molecule has 10 aromatic rings. The Hall–Kier alpha value is -8.33. The average Bonchev–Trinajstić information content (AvgIpc) is 4.14. The van der Waals surface area contributed by atoms with Crippen LogP contribution in [0.3, 0.4) is 0 Å².